The quantitative estimate of drug-likeness (QED) is 0.888. The summed E-state index contributed by atoms with van der Waals surface area (Å²) < 4.78 is 39.8. The highest BCUT2D eigenvalue weighted by atomic mass is 32.2. The Kier molecular flexibility index (Phi) is 4.77. The number of nitrogens with one attached hydrogen (secondary N) is 2. The second-order valence-electron chi connectivity index (χ2n) is 4.55. The molecule has 116 valence electrons. The van der Waals surface area contributed by atoms with E-state index in [1.807, 2.05) is 0 Å². The molecule has 0 aromatic heterocycles. The number of carbonyl (C=O) groups is 1. The summed E-state index contributed by atoms with van der Waals surface area (Å²) in [5.74, 6) is -0.808. The van der Waals surface area contributed by atoms with Gasteiger partial charge < -0.3 is 5.32 Å². The van der Waals surface area contributed by atoms with Crippen LogP contribution in [0.3, 0.4) is 0 Å². The second kappa shape index (κ2) is 6.57. The standard InChI is InChI=1S/C15H15FN2O3S/c1-2-15(19)17-12-6-4-7-13(10-12)18-22(20,21)14-8-3-5-11(16)9-14/h3-10,18H,2H2,1H3,(H,17,19). The third-order valence-corrected chi connectivity index (χ3v) is 4.21. The smallest absolute Gasteiger partial charge is 0.261 e. The van der Waals surface area contributed by atoms with Crippen molar-refractivity contribution in [3.05, 3.63) is 54.3 Å². The molecule has 2 N–H and O–H groups in total. The van der Waals surface area contributed by atoms with E-state index >= 15 is 0 Å². The summed E-state index contributed by atoms with van der Waals surface area (Å²) in [5.41, 5.74) is 0.754. The van der Waals surface area contributed by atoms with Gasteiger partial charge >= 0.3 is 0 Å². The first-order valence-corrected chi connectivity index (χ1v) is 8.07. The maximum Gasteiger partial charge on any atom is 0.261 e. The third kappa shape index (κ3) is 4.05. The van der Waals surface area contributed by atoms with Crippen molar-refractivity contribution in [3.63, 3.8) is 0 Å². The zero-order valence-electron chi connectivity index (χ0n) is 11.8. The summed E-state index contributed by atoms with van der Waals surface area (Å²) >= 11 is 0. The van der Waals surface area contributed by atoms with Crippen LogP contribution >= 0.6 is 0 Å². The van der Waals surface area contributed by atoms with E-state index in [4.69, 9.17) is 0 Å². The van der Waals surface area contributed by atoms with Crippen molar-refractivity contribution >= 4 is 27.3 Å². The van der Waals surface area contributed by atoms with Crippen molar-refractivity contribution < 1.29 is 17.6 Å². The summed E-state index contributed by atoms with van der Waals surface area (Å²) in [6.45, 7) is 1.71. The first-order valence-electron chi connectivity index (χ1n) is 6.59. The molecule has 0 aliphatic rings. The fraction of sp³-hybridized carbons (Fsp3) is 0.133. The van der Waals surface area contributed by atoms with Gasteiger partial charge in [-0.15, -0.1) is 0 Å². The summed E-state index contributed by atoms with van der Waals surface area (Å²) in [4.78, 5) is 11.2. The molecular weight excluding hydrogens is 307 g/mol. The predicted molar refractivity (Wildman–Crippen MR) is 82.6 cm³/mol. The lowest BCUT2D eigenvalue weighted by molar-refractivity contribution is -0.115. The largest absolute Gasteiger partial charge is 0.326 e. The Morgan fingerprint density at radius 3 is 2.45 bits per heavy atom. The first-order chi connectivity index (χ1) is 10.4. The fourth-order valence-corrected chi connectivity index (χ4v) is 2.84. The molecule has 0 atom stereocenters. The third-order valence-electron chi connectivity index (χ3n) is 2.83. The molecule has 0 saturated heterocycles. The first kappa shape index (κ1) is 16.0. The molecule has 0 unspecified atom stereocenters. The number of benzene rings is 2. The van der Waals surface area contributed by atoms with E-state index < -0.39 is 15.8 Å². The number of hydrogen-bond donors (Lipinski definition) is 2. The molecule has 0 spiro atoms. The molecule has 22 heavy (non-hydrogen) atoms. The number of hydrogen-bond acceptors (Lipinski definition) is 3. The molecule has 0 heterocycles. The molecule has 2 rings (SSSR count). The highest BCUT2D eigenvalue weighted by molar-refractivity contribution is 7.92. The Morgan fingerprint density at radius 1 is 1.09 bits per heavy atom. The van der Waals surface area contributed by atoms with Gasteiger partial charge in [0.1, 0.15) is 5.82 Å². The van der Waals surface area contributed by atoms with Crippen LogP contribution < -0.4 is 10.0 Å². The average molecular weight is 322 g/mol. The summed E-state index contributed by atoms with van der Waals surface area (Å²) in [5, 5.41) is 2.63. The number of halogens is 1. The molecule has 0 aliphatic carbocycles. The topological polar surface area (TPSA) is 75.3 Å². The van der Waals surface area contributed by atoms with Crippen molar-refractivity contribution in [3.8, 4) is 0 Å². The minimum absolute atomic E-state index is 0.171. The van der Waals surface area contributed by atoms with Gasteiger partial charge in [-0.2, -0.15) is 0 Å². The van der Waals surface area contributed by atoms with Crippen LogP contribution in [0.25, 0.3) is 0 Å². The molecule has 0 fully saturated rings. The molecular formula is C15H15FN2O3S. The van der Waals surface area contributed by atoms with Gasteiger partial charge in [-0.1, -0.05) is 19.1 Å². The molecule has 2 aromatic carbocycles. The maximum absolute atomic E-state index is 13.1. The van der Waals surface area contributed by atoms with Gasteiger partial charge in [0.25, 0.3) is 10.0 Å². The highest BCUT2D eigenvalue weighted by Gasteiger charge is 2.15. The van der Waals surface area contributed by atoms with Gasteiger partial charge in [0.15, 0.2) is 0 Å². The Labute approximate surface area is 128 Å². The van der Waals surface area contributed by atoms with E-state index in [0.29, 0.717) is 12.1 Å². The lowest BCUT2D eigenvalue weighted by Gasteiger charge is -2.10. The van der Waals surface area contributed by atoms with E-state index in [-0.39, 0.29) is 16.5 Å². The maximum atomic E-state index is 13.1. The van der Waals surface area contributed by atoms with Crippen LogP contribution in [0.4, 0.5) is 15.8 Å². The van der Waals surface area contributed by atoms with Gasteiger partial charge in [0.2, 0.25) is 5.91 Å². The summed E-state index contributed by atoms with van der Waals surface area (Å²) in [6, 6.07) is 11.0. The molecule has 5 nitrogen and oxygen atoms in total. The van der Waals surface area contributed by atoms with Crippen molar-refractivity contribution in [2.75, 3.05) is 10.0 Å². The fourth-order valence-electron chi connectivity index (χ4n) is 1.76. The van der Waals surface area contributed by atoms with E-state index in [1.54, 1.807) is 25.1 Å². The minimum atomic E-state index is -3.89. The molecule has 7 heteroatoms. The van der Waals surface area contributed by atoms with Crippen LogP contribution in [-0.2, 0) is 14.8 Å². The van der Waals surface area contributed by atoms with Crippen molar-refractivity contribution in [2.24, 2.45) is 0 Å². The molecule has 2 aromatic rings. The Hall–Kier alpha value is -2.41. The minimum Gasteiger partial charge on any atom is -0.326 e. The van der Waals surface area contributed by atoms with Crippen LogP contribution in [0, 0.1) is 5.82 Å². The van der Waals surface area contributed by atoms with Crippen LogP contribution in [-0.4, -0.2) is 14.3 Å². The van der Waals surface area contributed by atoms with Crippen LogP contribution in [0.2, 0.25) is 0 Å². The van der Waals surface area contributed by atoms with E-state index in [1.165, 1.54) is 24.3 Å². The van der Waals surface area contributed by atoms with Crippen molar-refractivity contribution in [2.45, 2.75) is 18.2 Å². The highest BCUT2D eigenvalue weighted by Crippen LogP contribution is 2.20. The second-order valence-corrected chi connectivity index (χ2v) is 6.23. The van der Waals surface area contributed by atoms with E-state index in [0.717, 1.165) is 6.07 Å². The van der Waals surface area contributed by atoms with Crippen molar-refractivity contribution in [1.29, 1.82) is 0 Å². The van der Waals surface area contributed by atoms with Gasteiger partial charge in [0.05, 0.1) is 10.6 Å². The number of amides is 1. The van der Waals surface area contributed by atoms with Gasteiger partial charge in [-0.05, 0) is 36.4 Å². The van der Waals surface area contributed by atoms with Gasteiger partial charge in [0, 0.05) is 12.1 Å². The lowest BCUT2D eigenvalue weighted by Crippen LogP contribution is -2.14. The zero-order chi connectivity index (χ0) is 16.2. The van der Waals surface area contributed by atoms with Crippen LogP contribution in [0.1, 0.15) is 13.3 Å². The van der Waals surface area contributed by atoms with Gasteiger partial charge in [-0.25, -0.2) is 12.8 Å². The zero-order valence-corrected chi connectivity index (χ0v) is 12.7. The molecule has 0 bridgehead atoms. The number of carbonyl (C=O) groups excluding carboxylic acids is 1. The Balaban J connectivity index is 2.23. The van der Waals surface area contributed by atoms with Crippen LogP contribution in [0.5, 0.6) is 0 Å². The van der Waals surface area contributed by atoms with E-state index in [2.05, 4.69) is 10.0 Å². The summed E-state index contributed by atoms with van der Waals surface area (Å²) in [6.07, 6.45) is 0.319. The molecule has 0 aliphatic heterocycles. The summed E-state index contributed by atoms with van der Waals surface area (Å²) in [7, 11) is -3.89. The number of sulfonamides is 1. The van der Waals surface area contributed by atoms with Crippen LogP contribution in [0.15, 0.2) is 53.4 Å². The molecule has 0 radical (unpaired) electrons. The average Bonchev–Trinajstić information content (AvgIpc) is 2.47. The predicted octanol–water partition coefficient (Wildman–Crippen LogP) is 2.98. The Morgan fingerprint density at radius 2 is 1.77 bits per heavy atom. The van der Waals surface area contributed by atoms with E-state index in [9.17, 15) is 17.6 Å². The van der Waals surface area contributed by atoms with Crippen molar-refractivity contribution in [1.82, 2.24) is 0 Å². The number of rotatable bonds is 5. The van der Waals surface area contributed by atoms with Gasteiger partial charge in [-0.3, -0.25) is 9.52 Å². The normalized spacial score (nSPS) is 11.0. The molecule has 1 amide bonds. The SMILES string of the molecule is CCC(=O)Nc1cccc(NS(=O)(=O)c2cccc(F)c2)c1. The number of anilines is 2. The monoisotopic (exact) mass is 322 g/mol. The Bertz CT molecular complexity index is 791. The molecule has 0 saturated carbocycles. The lowest BCUT2D eigenvalue weighted by atomic mass is 10.3.